The second-order valence-corrected chi connectivity index (χ2v) is 2.67. The van der Waals surface area contributed by atoms with Crippen molar-refractivity contribution in [1.29, 1.82) is 0 Å². The molecular weight excluding hydrogens is 179 g/mol. The monoisotopic (exact) mass is 187 g/mol. The molecule has 1 rings (SSSR count). The zero-order chi connectivity index (χ0) is 6.69. The maximum absolute atomic E-state index is 4.97. The average Bonchev–Trinajstić information content (AvgIpc) is 1.88. The molecule has 0 heterocycles. The van der Waals surface area contributed by atoms with Crippen LogP contribution >= 0.6 is 0 Å². The van der Waals surface area contributed by atoms with Crippen LogP contribution in [-0.2, 0) is 0 Å². The van der Waals surface area contributed by atoms with Gasteiger partial charge in [0, 0.05) is 0 Å². The molecule has 9 heavy (non-hydrogen) atoms. The number of hydrogen-bond acceptors (Lipinski definition) is 1. The predicted molar refractivity (Wildman–Crippen MR) is 38.4 cm³/mol. The summed E-state index contributed by atoms with van der Waals surface area (Å²) in [6.45, 7) is 0. The fourth-order valence-electron chi connectivity index (χ4n) is 0.601. The van der Waals surface area contributed by atoms with E-state index in [2.05, 4.69) is 16.0 Å². The Kier molecular flexibility index (Phi) is 2.15. The number of methoxy groups -OCH3 is 1. The van der Waals surface area contributed by atoms with Crippen LogP contribution in [0, 0.1) is 0 Å². The molecule has 0 unspecified atom stereocenters. The number of hydrogen-bond donors (Lipinski definition) is 0. The molecule has 0 N–H and O–H groups in total. The summed E-state index contributed by atoms with van der Waals surface area (Å²) in [6.07, 6.45) is 0. The second-order valence-electron chi connectivity index (χ2n) is 1.68. The van der Waals surface area contributed by atoms with Crippen LogP contribution in [0.1, 0.15) is 0 Å². The Morgan fingerprint density at radius 1 is 1.44 bits per heavy atom. The normalized spacial score (nSPS) is 9.00. The molecular formula is C7H7OSe. The fourth-order valence-corrected chi connectivity index (χ4v) is 1.01. The molecule has 0 saturated heterocycles. The molecule has 1 nitrogen and oxygen atoms in total. The van der Waals surface area contributed by atoms with E-state index in [1.807, 2.05) is 24.3 Å². The van der Waals surface area contributed by atoms with E-state index in [-0.39, 0.29) is 0 Å². The van der Waals surface area contributed by atoms with Gasteiger partial charge < -0.3 is 0 Å². The van der Waals surface area contributed by atoms with Crippen LogP contribution in [0.15, 0.2) is 24.3 Å². The van der Waals surface area contributed by atoms with E-state index < -0.39 is 0 Å². The maximum atomic E-state index is 4.97. The summed E-state index contributed by atoms with van der Waals surface area (Å²) in [7, 11) is 1.66. The van der Waals surface area contributed by atoms with Gasteiger partial charge in [-0.05, 0) is 0 Å². The quantitative estimate of drug-likeness (QED) is 0.580. The zero-order valence-electron chi connectivity index (χ0n) is 5.13. The summed E-state index contributed by atoms with van der Waals surface area (Å²) in [5.74, 6) is 0.895. The van der Waals surface area contributed by atoms with Gasteiger partial charge in [0.2, 0.25) is 0 Å². The first-order valence-corrected chi connectivity index (χ1v) is 3.49. The average molecular weight is 186 g/mol. The van der Waals surface area contributed by atoms with Crippen molar-refractivity contribution < 1.29 is 4.74 Å². The number of rotatable bonds is 1. The third-order valence-corrected chi connectivity index (χ3v) is 1.57. The van der Waals surface area contributed by atoms with Crippen molar-refractivity contribution in [3.63, 3.8) is 0 Å². The molecule has 1 aromatic rings. The Hall–Kier alpha value is -0.461. The molecule has 0 aromatic heterocycles. The second kappa shape index (κ2) is 2.90. The Balaban J connectivity index is 2.94. The Labute approximate surface area is 62.8 Å². The summed E-state index contributed by atoms with van der Waals surface area (Å²) >= 11 is 2.90. The van der Waals surface area contributed by atoms with E-state index >= 15 is 0 Å². The molecule has 0 fully saturated rings. The first-order chi connectivity index (χ1) is 4.33. The van der Waals surface area contributed by atoms with Crippen LogP contribution in [0.5, 0.6) is 5.75 Å². The van der Waals surface area contributed by atoms with Gasteiger partial charge in [0.15, 0.2) is 0 Å². The molecule has 47 valence electrons. The van der Waals surface area contributed by atoms with Gasteiger partial charge in [0.25, 0.3) is 0 Å². The van der Waals surface area contributed by atoms with Gasteiger partial charge in [-0.1, -0.05) is 0 Å². The van der Waals surface area contributed by atoms with Gasteiger partial charge >= 0.3 is 62.3 Å². The molecule has 0 aliphatic heterocycles. The fraction of sp³-hybridized carbons (Fsp3) is 0.143. The SMILES string of the molecule is COc1cccc([Se])c1. The molecule has 0 atom stereocenters. The van der Waals surface area contributed by atoms with E-state index in [4.69, 9.17) is 4.74 Å². The van der Waals surface area contributed by atoms with Crippen molar-refractivity contribution >= 4 is 20.5 Å². The molecule has 2 heteroatoms. The van der Waals surface area contributed by atoms with Gasteiger partial charge in [0.05, 0.1) is 0 Å². The minimum absolute atomic E-state index is 0.895. The van der Waals surface area contributed by atoms with Crippen LogP contribution in [-0.4, -0.2) is 23.1 Å². The Morgan fingerprint density at radius 3 is 2.67 bits per heavy atom. The van der Waals surface area contributed by atoms with Gasteiger partial charge in [-0.3, -0.25) is 0 Å². The molecule has 0 aliphatic rings. The molecule has 1 aromatic carbocycles. The van der Waals surface area contributed by atoms with Crippen LogP contribution < -0.4 is 9.20 Å². The molecule has 1 radical (unpaired) electrons. The molecule has 0 amide bonds. The Bertz CT molecular complexity index is 198. The van der Waals surface area contributed by atoms with E-state index in [0.717, 1.165) is 10.2 Å². The Morgan fingerprint density at radius 2 is 2.22 bits per heavy atom. The molecule has 0 spiro atoms. The summed E-state index contributed by atoms with van der Waals surface area (Å²) in [4.78, 5) is 0. The summed E-state index contributed by atoms with van der Waals surface area (Å²) in [6, 6.07) is 7.80. The third kappa shape index (κ3) is 1.74. The number of ether oxygens (including phenoxy) is 1. The summed E-state index contributed by atoms with van der Waals surface area (Å²) in [5.41, 5.74) is 0. The predicted octanol–water partition coefficient (Wildman–Crippen LogP) is 0.489. The molecule has 0 aliphatic carbocycles. The first-order valence-electron chi connectivity index (χ1n) is 2.64. The minimum atomic E-state index is 0.895. The van der Waals surface area contributed by atoms with Gasteiger partial charge in [0.1, 0.15) is 0 Å². The third-order valence-electron chi connectivity index (χ3n) is 1.04. The summed E-state index contributed by atoms with van der Waals surface area (Å²) < 4.78 is 6.08. The van der Waals surface area contributed by atoms with E-state index in [1.165, 1.54) is 0 Å². The standard InChI is InChI=1S/C7H7OSe/c1-8-6-3-2-4-7(9)5-6/h2-5H,1H3. The zero-order valence-corrected chi connectivity index (χ0v) is 6.84. The van der Waals surface area contributed by atoms with Crippen molar-refractivity contribution in [3.8, 4) is 5.75 Å². The van der Waals surface area contributed by atoms with E-state index in [1.54, 1.807) is 7.11 Å². The van der Waals surface area contributed by atoms with Gasteiger partial charge in [-0.2, -0.15) is 0 Å². The van der Waals surface area contributed by atoms with Crippen LogP contribution in [0.3, 0.4) is 0 Å². The van der Waals surface area contributed by atoms with Gasteiger partial charge in [-0.25, -0.2) is 0 Å². The van der Waals surface area contributed by atoms with Crippen molar-refractivity contribution in [2.24, 2.45) is 0 Å². The van der Waals surface area contributed by atoms with Crippen LogP contribution in [0.4, 0.5) is 0 Å². The van der Waals surface area contributed by atoms with E-state index in [0.29, 0.717) is 0 Å². The molecule has 0 bridgehead atoms. The van der Waals surface area contributed by atoms with Crippen molar-refractivity contribution in [2.75, 3.05) is 7.11 Å². The van der Waals surface area contributed by atoms with Crippen LogP contribution in [0.25, 0.3) is 0 Å². The van der Waals surface area contributed by atoms with E-state index in [9.17, 15) is 0 Å². The van der Waals surface area contributed by atoms with Gasteiger partial charge in [-0.15, -0.1) is 0 Å². The van der Waals surface area contributed by atoms with Crippen molar-refractivity contribution in [2.45, 2.75) is 0 Å². The van der Waals surface area contributed by atoms with Crippen molar-refractivity contribution in [1.82, 2.24) is 0 Å². The molecule has 0 saturated carbocycles. The number of benzene rings is 1. The van der Waals surface area contributed by atoms with Crippen molar-refractivity contribution in [3.05, 3.63) is 24.3 Å². The summed E-state index contributed by atoms with van der Waals surface area (Å²) in [5, 5.41) is 0. The first kappa shape index (κ1) is 6.66. The topological polar surface area (TPSA) is 9.23 Å². The van der Waals surface area contributed by atoms with Crippen LogP contribution in [0.2, 0.25) is 0 Å².